The van der Waals surface area contributed by atoms with Crippen molar-refractivity contribution in [1.82, 2.24) is 4.98 Å². The van der Waals surface area contributed by atoms with Crippen molar-refractivity contribution in [3.63, 3.8) is 0 Å². The van der Waals surface area contributed by atoms with Gasteiger partial charge in [0.1, 0.15) is 5.75 Å². The van der Waals surface area contributed by atoms with Gasteiger partial charge in [0.05, 0.1) is 24.1 Å². The fourth-order valence-corrected chi connectivity index (χ4v) is 3.52. The van der Waals surface area contributed by atoms with E-state index in [0.717, 1.165) is 5.56 Å². The number of nitrogens with zero attached hydrogens (tertiary/aromatic N) is 1. The van der Waals surface area contributed by atoms with E-state index in [9.17, 15) is 9.59 Å². The highest BCUT2D eigenvalue weighted by atomic mass is 35.5. The predicted octanol–water partition coefficient (Wildman–Crippen LogP) is 4.87. The number of rotatable bonds is 8. The van der Waals surface area contributed by atoms with Gasteiger partial charge in [0, 0.05) is 34.9 Å². The molecule has 1 aromatic heterocycles. The fraction of sp³-hybridized carbons (Fsp3) is 0.136. The standard InChI is InChI=1S/C22H20ClN3O3S/c1-29-20-11-18(8-9-19(20)26-22(28)16-3-2-10-24-12-16)25-21(27)14-30-13-15-4-6-17(23)7-5-15/h2-12H,13-14H2,1H3,(H,25,27)(H,26,28). The van der Waals surface area contributed by atoms with Crippen LogP contribution >= 0.6 is 23.4 Å². The topological polar surface area (TPSA) is 80.3 Å². The number of thioether (sulfide) groups is 1. The van der Waals surface area contributed by atoms with Gasteiger partial charge < -0.3 is 15.4 Å². The van der Waals surface area contributed by atoms with Crippen LogP contribution in [0.1, 0.15) is 15.9 Å². The number of hydrogen-bond acceptors (Lipinski definition) is 5. The number of benzene rings is 2. The van der Waals surface area contributed by atoms with Crippen LogP contribution < -0.4 is 15.4 Å². The lowest BCUT2D eigenvalue weighted by atomic mass is 10.2. The highest BCUT2D eigenvalue weighted by Gasteiger charge is 2.12. The van der Waals surface area contributed by atoms with Crippen LogP contribution in [-0.4, -0.2) is 29.7 Å². The molecule has 3 aromatic rings. The number of carbonyl (C=O) groups is 2. The van der Waals surface area contributed by atoms with Crippen LogP contribution in [0.5, 0.6) is 5.75 Å². The second-order valence-corrected chi connectivity index (χ2v) is 7.70. The van der Waals surface area contributed by atoms with Crippen LogP contribution in [0.4, 0.5) is 11.4 Å². The molecule has 2 aromatic carbocycles. The molecule has 0 bridgehead atoms. The Bertz CT molecular complexity index is 1010. The summed E-state index contributed by atoms with van der Waals surface area (Å²) in [6.07, 6.45) is 3.08. The molecule has 0 aliphatic rings. The van der Waals surface area contributed by atoms with E-state index >= 15 is 0 Å². The molecule has 1 heterocycles. The van der Waals surface area contributed by atoms with Gasteiger partial charge >= 0.3 is 0 Å². The minimum Gasteiger partial charge on any atom is -0.494 e. The van der Waals surface area contributed by atoms with Gasteiger partial charge in [0.25, 0.3) is 5.91 Å². The molecule has 30 heavy (non-hydrogen) atoms. The van der Waals surface area contributed by atoms with Gasteiger partial charge in [-0.15, -0.1) is 11.8 Å². The van der Waals surface area contributed by atoms with Crippen molar-refractivity contribution >= 4 is 46.6 Å². The van der Waals surface area contributed by atoms with Crippen molar-refractivity contribution in [1.29, 1.82) is 0 Å². The number of nitrogens with one attached hydrogen (secondary N) is 2. The average Bonchev–Trinajstić information content (AvgIpc) is 2.76. The van der Waals surface area contributed by atoms with Crippen LogP contribution in [0.3, 0.4) is 0 Å². The molecule has 6 nitrogen and oxygen atoms in total. The quantitative estimate of drug-likeness (QED) is 0.521. The van der Waals surface area contributed by atoms with E-state index in [1.165, 1.54) is 25.1 Å². The van der Waals surface area contributed by atoms with Crippen molar-refractivity contribution in [2.45, 2.75) is 5.75 Å². The molecule has 2 amide bonds. The zero-order chi connectivity index (χ0) is 21.3. The van der Waals surface area contributed by atoms with E-state index in [0.29, 0.717) is 39.2 Å². The first kappa shape index (κ1) is 21.7. The fourth-order valence-electron chi connectivity index (χ4n) is 2.60. The van der Waals surface area contributed by atoms with Crippen LogP contribution in [0.25, 0.3) is 0 Å². The van der Waals surface area contributed by atoms with Crippen LogP contribution in [0, 0.1) is 0 Å². The summed E-state index contributed by atoms with van der Waals surface area (Å²) in [6, 6.07) is 16.0. The Labute approximate surface area is 184 Å². The van der Waals surface area contributed by atoms with E-state index in [4.69, 9.17) is 16.3 Å². The smallest absolute Gasteiger partial charge is 0.257 e. The summed E-state index contributed by atoms with van der Waals surface area (Å²) in [4.78, 5) is 28.5. The minimum atomic E-state index is -0.295. The van der Waals surface area contributed by atoms with E-state index < -0.39 is 0 Å². The lowest BCUT2D eigenvalue weighted by Crippen LogP contribution is -2.15. The van der Waals surface area contributed by atoms with Crippen molar-refractivity contribution in [3.8, 4) is 5.75 Å². The molecule has 0 radical (unpaired) electrons. The van der Waals surface area contributed by atoms with Crippen LogP contribution in [0.2, 0.25) is 5.02 Å². The summed E-state index contributed by atoms with van der Waals surface area (Å²) in [5.74, 6) is 1.05. The number of halogens is 1. The molecular weight excluding hydrogens is 422 g/mol. The molecule has 0 aliphatic heterocycles. The number of aromatic nitrogens is 1. The number of pyridine rings is 1. The number of ether oxygens (including phenoxy) is 1. The molecule has 154 valence electrons. The molecule has 0 saturated carbocycles. The Balaban J connectivity index is 1.55. The van der Waals surface area contributed by atoms with Gasteiger partial charge in [-0.1, -0.05) is 23.7 Å². The molecule has 0 aliphatic carbocycles. The van der Waals surface area contributed by atoms with Gasteiger partial charge in [-0.25, -0.2) is 0 Å². The van der Waals surface area contributed by atoms with E-state index in [1.54, 1.807) is 36.5 Å². The van der Waals surface area contributed by atoms with E-state index in [-0.39, 0.29) is 11.8 Å². The first-order chi connectivity index (χ1) is 14.5. The third-order valence-electron chi connectivity index (χ3n) is 4.07. The van der Waals surface area contributed by atoms with Gasteiger partial charge in [-0.2, -0.15) is 0 Å². The highest BCUT2D eigenvalue weighted by molar-refractivity contribution is 7.99. The Morgan fingerprint density at radius 3 is 2.60 bits per heavy atom. The van der Waals surface area contributed by atoms with Crippen molar-refractivity contribution in [2.24, 2.45) is 0 Å². The molecular formula is C22H20ClN3O3S. The van der Waals surface area contributed by atoms with Crippen molar-refractivity contribution in [3.05, 3.63) is 83.1 Å². The van der Waals surface area contributed by atoms with Gasteiger partial charge in [0.15, 0.2) is 0 Å². The van der Waals surface area contributed by atoms with Gasteiger partial charge in [-0.05, 0) is 42.0 Å². The summed E-state index contributed by atoms with van der Waals surface area (Å²) in [5, 5.41) is 6.32. The zero-order valence-electron chi connectivity index (χ0n) is 16.2. The van der Waals surface area contributed by atoms with E-state index in [1.807, 2.05) is 24.3 Å². The summed E-state index contributed by atoms with van der Waals surface area (Å²) in [6.45, 7) is 0. The molecule has 0 spiro atoms. The average molecular weight is 442 g/mol. The van der Waals surface area contributed by atoms with Gasteiger partial charge in [0.2, 0.25) is 5.91 Å². The molecule has 0 unspecified atom stereocenters. The summed E-state index contributed by atoms with van der Waals surface area (Å²) >= 11 is 7.38. The number of carbonyl (C=O) groups excluding carboxylic acids is 2. The maximum Gasteiger partial charge on any atom is 0.257 e. The maximum atomic E-state index is 12.3. The summed E-state index contributed by atoms with van der Waals surface area (Å²) in [7, 11) is 1.50. The highest BCUT2D eigenvalue weighted by Crippen LogP contribution is 2.28. The Morgan fingerprint density at radius 2 is 1.90 bits per heavy atom. The summed E-state index contributed by atoms with van der Waals surface area (Å²) in [5.41, 5.74) is 2.63. The third-order valence-corrected chi connectivity index (χ3v) is 5.33. The number of methoxy groups -OCH3 is 1. The number of amides is 2. The van der Waals surface area contributed by atoms with Crippen molar-refractivity contribution < 1.29 is 14.3 Å². The zero-order valence-corrected chi connectivity index (χ0v) is 17.8. The first-order valence-electron chi connectivity index (χ1n) is 9.06. The molecule has 0 saturated heterocycles. The molecule has 3 rings (SSSR count). The summed E-state index contributed by atoms with van der Waals surface area (Å²) < 4.78 is 5.36. The monoisotopic (exact) mass is 441 g/mol. The Morgan fingerprint density at radius 1 is 1.10 bits per heavy atom. The third kappa shape index (κ3) is 6.23. The van der Waals surface area contributed by atoms with Crippen molar-refractivity contribution in [2.75, 3.05) is 23.5 Å². The second-order valence-electron chi connectivity index (χ2n) is 6.28. The predicted molar refractivity (Wildman–Crippen MR) is 121 cm³/mol. The largest absolute Gasteiger partial charge is 0.494 e. The normalized spacial score (nSPS) is 10.3. The first-order valence-corrected chi connectivity index (χ1v) is 10.6. The molecule has 8 heteroatoms. The maximum absolute atomic E-state index is 12.3. The SMILES string of the molecule is COc1cc(NC(=O)CSCc2ccc(Cl)cc2)ccc1NC(=O)c1cccnc1. The Hall–Kier alpha value is -3.03. The lowest BCUT2D eigenvalue weighted by molar-refractivity contribution is -0.113. The lowest BCUT2D eigenvalue weighted by Gasteiger charge is -2.12. The second kappa shape index (κ2) is 10.7. The molecule has 2 N–H and O–H groups in total. The number of hydrogen-bond donors (Lipinski definition) is 2. The van der Waals surface area contributed by atoms with Gasteiger partial charge in [-0.3, -0.25) is 14.6 Å². The minimum absolute atomic E-state index is 0.122. The number of anilines is 2. The molecule has 0 fully saturated rings. The molecule has 0 atom stereocenters. The van der Waals surface area contributed by atoms with Crippen LogP contribution in [0.15, 0.2) is 67.0 Å². The van der Waals surface area contributed by atoms with Crippen LogP contribution in [-0.2, 0) is 10.5 Å². The Kier molecular flexibility index (Phi) is 7.70. The van der Waals surface area contributed by atoms with E-state index in [2.05, 4.69) is 15.6 Å².